The van der Waals surface area contributed by atoms with E-state index in [1.165, 1.54) is 11.3 Å². The van der Waals surface area contributed by atoms with E-state index in [4.69, 9.17) is 4.42 Å². The summed E-state index contributed by atoms with van der Waals surface area (Å²) < 4.78 is 5.53. The van der Waals surface area contributed by atoms with Gasteiger partial charge in [-0.1, -0.05) is 30.3 Å². The van der Waals surface area contributed by atoms with Crippen LogP contribution in [-0.4, -0.2) is 33.7 Å². The maximum Gasteiger partial charge on any atom is 0.308 e. The smallest absolute Gasteiger partial charge is 0.308 e. The van der Waals surface area contributed by atoms with Crippen LogP contribution in [0.2, 0.25) is 0 Å². The van der Waals surface area contributed by atoms with E-state index in [0.717, 1.165) is 11.1 Å². The van der Waals surface area contributed by atoms with Gasteiger partial charge in [0.05, 0.1) is 5.92 Å². The Labute approximate surface area is 160 Å². The number of nitrogens with zero attached hydrogens (tertiary/aromatic N) is 2. The fourth-order valence-electron chi connectivity index (χ4n) is 2.55. The lowest BCUT2D eigenvalue weighted by Gasteiger charge is -2.13. The third-order valence-electron chi connectivity index (χ3n) is 4.02. The van der Waals surface area contributed by atoms with Crippen LogP contribution in [-0.2, 0) is 22.4 Å². The highest BCUT2D eigenvalue weighted by atomic mass is 32.1. The summed E-state index contributed by atoms with van der Waals surface area (Å²) in [6.45, 7) is 0.0764. The molecule has 2 aromatic heterocycles. The number of hydrogen-bond donors (Lipinski definition) is 2. The number of aryl methyl sites for hydroxylation is 1. The third-order valence-corrected chi connectivity index (χ3v) is 4.70. The normalized spacial score (nSPS) is 11.9. The fraction of sp³-hybridized carbons (Fsp3) is 0.263. The summed E-state index contributed by atoms with van der Waals surface area (Å²) in [7, 11) is 0. The van der Waals surface area contributed by atoms with Crippen molar-refractivity contribution in [2.75, 3.05) is 6.54 Å². The van der Waals surface area contributed by atoms with E-state index in [1.54, 1.807) is 0 Å². The number of carboxylic acids is 1. The first kappa shape index (κ1) is 18.8. The van der Waals surface area contributed by atoms with Crippen molar-refractivity contribution in [2.24, 2.45) is 5.92 Å². The number of thiophene rings is 1. The van der Waals surface area contributed by atoms with Crippen LogP contribution in [0.25, 0.3) is 11.5 Å². The molecule has 0 aliphatic heterocycles. The molecule has 27 heavy (non-hydrogen) atoms. The number of carboxylic acid groups (broad SMARTS) is 1. The van der Waals surface area contributed by atoms with Gasteiger partial charge in [-0.15, -0.1) is 10.2 Å². The summed E-state index contributed by atoms with van der Waals surface area (Å²) >= 11 is 1.53. The van der Waals surface area contributed by atoms with Crippen molar-refractivity contribution in [1.82, 2.24) is 15.5 Å². The molecule has 1 atom stereocenters. The Kier molecular flexibility index (Phi) is 6.32. The van der Waals surface area contributed by atoms with Gasteiger partial charge in [-0.25, -0.2) is 0 Å². The molecule has 2 N–H and O–H groups in total. The molecule has 0 saturated carbocycles. The Morgan fingerprint density at radius 2 is 2.00 bits per heavy atom. The van der Waals surface area contributed by atoms with Crippen LogP contribution in [0.5, 0.6) is 0 Å². The Balaban J connectivity index is 1.46. The van der Waals surface area contributed by atoms with E-state index in [2.05, 4.69) is 15.5 Å². The second kappa shape index (κ2) is 9.09. The lowest BCUT2D eigenvalue weighted by atomic mass is 9.99. The minimum atomic E-state index is -0.934. The SMILES string of the molecule is O=C(CCc1nnc(-c2ccsc2)o1)NCC(Cc1ccccc1)C(=O)O. The predicted molar refractivity (Wildman–Crippen MR) is 100 cm³/mol. The zero-order valence-electron chi connectivity index (χ0n) is 14.5. The van der Waals surface area contributed by atoms with Gasteiger partial charge in [0.2, 0.25) is 17.7 Å². The van der Waals surface area contributed by atoms with E-state index in [1.807, 2.05) is 47.2 Å². The first-order valence-electron chi connectivity index (χ1n) is 8.50. The zero-order valence-corrected chi connectivity index (χ0v) is 15.3. The molecule has 3 aromatic rings. The summed E-state index contributed by atoms with van der Waals surface area (Å²) in [4.78, 5) is 23.5. The summed E-state index contributed by atoms with van der Waals surface area (Å²) in [6, 6.07) is 11.2. The number of aromatic nitrogens is 2. The number of aliphatic carboxylic acids is 1. The summed E-state index contributed by atoms with van der Waals surface area (Å²) in [6.07, 6.45) is 0.826. The molecule has 2 heterocycles. The van der Waals surface area contributed by atoms with Crippen molar-refractivity contribution >= 4 is 23.2 Å². The molecular formula is C19H19N3O4S. The van der Waals surface area contributed by atoms with Crippen molar-refractivity contribution in [3.05, 3.63) is 58.6 Å². The highest BCUT2D eigenvalue weighted by molar-refractivity contribution is 7.08. The van der Waals surface area contributed by atoms with Gasteiger partial charge in [0, 0.05) is 30.3 Å². The van der Waals surface area contributed by atoms with Gasteiger partial charge >= 0.3 is 5.97 Å². The molecular weight excluding hydrogens is 366 g/mol. The Morgan fingerprint density at radius 3 is 2.70 bits per heavy atom. The van der Waals surface area contributed by atoms with Gasteiger partial charge in [0.15, 0.2) is 0 Å². The molecule has 140 valence electrons. The van der Waals surface area contributed by atoms with Crippen molar-refractivity contribution < 1.29 is 19.1 Å². The van der Waals surface area contributed by atoms with Gasteiger partial charge in [0.1, 0.15) is 0 Å². The van der Waals surface area contributed by atoms with Crippen molar-refractivity contribution in [1.29, 1.82) is 0 Å². The quantitative estimate of drug-likeness (QED) is 0.587. The number of amides is 1. The minimum absolute atomic E-state index is 0.0764. The second-order valence-electron chi connectivity index (χ2n) is 6.04. The molecule has 0 bridgehead atoms. The first-order chi connectivity index (χ1) is 13.1. The van der Waals surface area contributed by atoms with Crippen LogP contribution in [0.4, 0.5) is 0 Å². The molecule has 0 aliphatic rings. The molecule has 0 aliphatic carbocycles. The molecule has 1 amide bonds. The van der Waals surface area contributed by atoms with Crippen LogP contribution in [0.15, 0.2) is 51.6 Å². The monoisotopic (exact) mass is 385 g/mol. The number of carbonyl (C=O) groups excluding carboxylic acids is 1. The largest absolute Gasteiger partial charge is 0.481 e. The van der Waals surface area contributed by atoms with Crippen molar-refractivity contribution in [3.63, 3.8) is 0 Å². The maximum absolute atomic E-state index is 12.0. The number of hydrogen-bond acceptors (Lipinski definition) is 6. The second-order valence-corrected chi connectivity index (χ2v) is 6.82. The molecule has 1 aromatic carbocycles. The van der Waals surface area contributed by atoms with E-state index >= 15 is 0 Å². The van der Waals surface area contributed by atoms with E-state index in [9.17, 15) is 14.7 Å². The molecule has 0 spiro atoms. The molecule has 8 heteroatoms. The van der Waals surface area contributed by atoms with Gasteiger partial charge in [-0.2, -0.15) is 11.3 Å². The summed E-state index contributed by atoms with van der Waals surface area (Å²) in [5.41, 5.74) is 1.78. The molecule has 1 unspecified atom stereocenters. The Hall–Kier alpha value is -3.00. The highest BCUT2D eigenvalue weighted by Crippen LogP contribution is 2.20. The van der Waals surface area contributed by atoms with Crippen LogP contribution in [0.1, 0.15) is 17.9 Å². The fourth-order valence-corrected chi connectivity index (χ4v) is 3.18. The third kappa shape index (κ3) is 5.49. The molecule has 3 rings (SSSR count). The summed E-state index contributed by atoms with van der Waals surface area (Å²) in [5.74, 6) is -1.04. The lowest BCUT2D eigenvalue weighted by molar-refractivity contribution is -0.141. The van der Waals surface area contributed by atoms with Gasteiger partial charge in [0.25, 0.3) is 0 Å². The number of nitrogens with one attached hydrogen (secondary N) is 1. The zero-order chi connectivity index (χ0) is 19.1. The molecule has 0 radical (unpaired) electrons. The van der Waals surface area contributed by atoms with Gasteiger partial charge in [-0.05, 0) is 23.4 Å². The number of rotatable bonds is 9. The molecule has 0 saturated heterocycles. The Morgan fingerprint density at radius 1 is 1.19 bits per heavy atom. The average molecular weight is 385 g/mol. The van der Waals surface area contributed by atoms with E-state index < -0.39 is 11.9 Å². The topological polar surface area (TPSA) is 105 Å². The van der Waals surface area contributed by atoms with Crippen molar-refractivity contribution in [2.45, 2.75) is 19.3 Å². The number of carbonyl (C=O) groups is 2. The Bertz CT molecular complexity index is 878. The predicted octanol–water partition coefficient (Wildman–Crippen LogP) is 2.79. The summed E-state index contributed by atoms with van der Waals surface area (Å²) in [5, 5.41) is 23.8. The lowest BCUT2D eigenvalue weighted by Crippen LogP contribution is -2.34. The first-order valence-corrected chi connectivity index (χ1v) is 9.44. The van der Waals surface area contributed by atoms with Gasteiger partial charge in [-0.3, -0.25) is 9.59 Å². The minimum Gasteiger partial charge on any atom is -0.481 e. The van der Waals surface area contributed by atoms with Crippen LogP contribution in [0, 0.1) is 5.92 Å². The van der Waals surface area contributed by atoms with Crippen LogP contribution in [0.3, 0.4) is 0 Å². The van der Waals surface area contributed by atoms with Crippen molar-refractivity contribution in [3.8, 4) is 11.5 Å². The average Bonchev–Trinajstić information content (AvgIpc) is 3.35. The molecule has 7 nitrogen and oxygen atoms in total. The van der Waals surface area contributed by atoms with Crippen LogP contribution >= 0.6 is 11.3 Å². The van der Waals surface area contributed by atoms with Crippen LogP contribution < -0.4 is 5.32 Å². The van der Waals surface area contributed by atoms with E-state index in [-0.39, 0.29) is 18.9 Å². The highest BCUT2D eigenvalue weighted by Gasteiger charge is 2.19. The van der Waals surface area contributed by atoms with Gasteiger partial charge < -0.3 is 14.8 Å². The molecule has 0 fully saturated rings. The maximum atomic E-state index is 12.0. The standard InChI is InChI=1S/C19H19N3O4S/c23-16(6-7-17-21-22-18(26-17)14-8-9-27-12-14)20-11-15(19(24)25)10-13-4-2-1-3-5-13/h1-5,8-9,12,15H,6-7,10-11H2,(H,20,23)(H,24,25). The number of benzene rings is 1. The van der Waals surface area contributed by atoms with E-state index in [0.29, 0.717) is 24.6 Å².